The van der Waals surface area contributed by atoms with Gasteiger partial charge in [-0.2, -0.15) is 0 Å². The molecule has 0 aromatic carbocycles. The van der Waals surface area contributed by atoms with E-state index in [1.54, 1.807) is 29.7 Å². The molecule has 0 saturated carbocycles. The smallest absolute Gasteiger partial charge is 0.194 e. The molecule has 1 fully saturated rings. The molecular weight excluding hydrogens is 368 g/mol. The van der Waals surface area contributed by atoms with Crippen LogP contribution in [-0.4, -0.2) is 47.0 Å². The first-order chi connectivity index (χ1) is 12.4. The minimum absolute atomic E-state index is 0.140. The van der Waals surface area contributed by atoms with Crippen molar-refractivity contribution in [3.05, 3.63) is 47.0 Å². The fourth-order valence-corrected chi connectivity index (χ4v) is 5.49. The zero-order chi connectivity index (χ0) is 18.3. The minimum atomic E-state index is -3.27. The van der Waals surface area contributed by atoms with E-state index in [9.17, 15) is 8.42 Å². The van der Waals surface area contributed by atoms with Gasteiger partial charge in [0.2, 0.25) is 0 Å². The molecule has 3 aromatic rings. The molecule has 4 rings (SSSR count). The Labute approximate surface area is 157 Å². The van der Waals surface area contributed by atoms with Gasteiger partial charge in [0, 0.05) is 43.0 Å². The molecule has 8 heteroatoms. The second-order valence-electron chi connectivity index (χ2n) is 6.93. The Morgan fingerprint density at radius 2 is 2.23 bits per heavy atom. The molecule has 4 heterocycles. The number of likely N-dealkylation sites (tertiary alicyclic amines) is 1. The number of piperidine rings is 1. The molecule has 1 aliphatic heterocycles. The highest BCUT2D eigenvalue weighted by Crippen LogP contribution is 2.31. The molecule has 1 unspecified atom stereocenters. The molecular formula is C18H22N4O2S2. The molecule has 138 valence electrons. The van der Waals surface area contributed by atoms with Crippen molar-refractivity contribution < 1.29 is 8.42 Å². The zero-order valence-electron chi connectivity index (χ0n) is 14.9. The van der Waals surface area contributed by atoms with Crippen LogP contribution in [0, 0.1) is 6.92 Å². The monoisotopic (exact) mass is 390 g/mol. The van der Waals surface area contributed by atoms with Gasteiger partial charge >= 0.3 is 0 Å². The quantitative estimate of drug-likeness (QED) is 0.685. The van der Waals surface area contributed by atoms with Gasteiger partial charge in [0.1, 0.15) is 0 Å². The number of imidazole rings is 1. The molecule has 6 nitrogen and oxygen atoms in total. The summed E-state index contributed by atoms with van der Waals surface area (Å²) in [5, 5.41) is 2.05. The lowest BCUT2D eigenvalue weighted by atomic mass is 9.94. The normalized spacial score (nSPS) is 19.2. The highest BCUT2D eigenvalue weighted by molar-refractivity contribution is 7.90. The van der Waals surface area contributed by atoms with Crippen LogP contribution in [-0.2, 0) is 16.4 Å². The topological polar surface area (TPSA) is 67.6 Å². The van der Waals surface area contributed by atoms with Crippen molar-refractivity contribution >= 4 is 26.1 Å². The highest BCUT2D eigenvalue weighted by Gasteiger charge is 2.27. The molecule has 0 aliphatic carbocycles. The lowest BCUT2D eigenvalue weighted by molar-refractivity contribution is 0.194. The highest BCUT2D eigenvalue weighted by atomic mass is 32.2. The summed E-state index contributed by atoms with van der Waals surface area (Å²) in [4.78, 5) is 12.8. The van der Waals surface area contributed by atoms with Crippen molar-refractivity contribution in [2.24, 2.45) is 0 Å². The maximum atomic E-state index is 12.1. The van der Waals surface area contributed by atoms with Gasteiger partial charge in [0.05, 0.1) is 22.0 Å². The van der Waals surface area contributed by atoms with E-state index in [2.05, 4.69) is 37.8 Å². The van der Waals surface area contributed by atoms with Crippen LogP contribution in [0.3, 0.4) is 0 Å². The minimum Gasteiger partial charge on any atom is -0.297 e. The van der Waals surface area contributed by atoms with Gasteiger partial charge in [-0.25, -0.2) is 13.4 Å². The molecule has 3 aromatic heterocycles. The van der Waals surface area contributed by atoms with Gasteiger partial charge in [-0.1, -0.05) is 0 Å². The lowest BCUT2D eigenvalue weighted by Crippen LogP contribution is -2.35. The molecule has 0 radical (unpaired) electrons. The van der Waals surface area contributed by atoms with Gasteiger partial charge in [0.25, 0.3) is 0 Å². The van der Waals surface area contributed by atoms with E-state index in [1.807, 2.05) is 0 Å². The average molecular weight is 391 g/mol. The molecule has 0 amide bonds. The summed E-state index contributed by atoms with van der Waals surface area (Å²) in [6.45, 7) is 4.70. The molecule has 1 saturated heterocycles. The molecule has 0 N–H and O–H groups in total. The van der Waals surface area contributed by atoms with Gasteiger partial charge < -0.3 is 0 Å². The van der Waals surface area contributed by atoms with Crippen molar-refractivity contribution in [1.29, 1.82) is 0 Å². The molecule has 1 atom stereocenters. The van der Waals surface area contributed by atoms with E-state index in [4.69, 9.17) is 0 Å². The molecule has 0 bridgehead atoms. The van der Waals surface area contributed by atoms with Gasteiger partial charge in [-0.3, -0.25) is 14.3 Å². The van der Waals surface area contributed by atoms with E-state index in [0.717, 1.165) is 43.1 Å². The number of hydrogen-bond acceptors (Lipinski definition) is 6. The Kier molecular flexibility index (Phi) is 4.58. The van der Waals surface area contributed by atoms with Crippen LogP contribution in [0.25, 0.3) is 4.96 Å². The number of sulfone groups is 1. The van der Waals surface area contributed by atoms with Crippen LogP contribution in [0.1, 0.15) is 35.8 Å². The van der Waals surface area contributed by atoms with Crippen molar-refractivity contribution in [3.63, 3.8) is 0 Å². The zero-order valence-corrected chi connectivity index (χ0v) is 16.6. The third kappa shape index (κ3) is 3.28. The fraction of sp³-hybridized carbons (Fsp3) is 0.444. The summed E-state index contributed by atoms with van der Waals surface area (Å²) in [5.41, 5.74) is 2.99. The van der Waals surface area contributed by atoms with Crippen molar-refractivity contribution in [2.45, 2.75) is 37.1 Å². The van der Waals surface area contributed by atoms with Crippen LogP contribution in [0.15, 0.2) is 34.8 Å². The number of hydrogen-bond donors (Lipinski definition) is 0. The van der Waals surface area contributed by atoms with Crippen molar-refractivity contribution in [1.82, 2.24) is 19.3 Å². The van der Waals surface area contributed by atoms with E-state index in [1.165, 1.54) is 11.9 Å². The standard InChI is InChI=1S/C18H22N4O2S2/c1-13-15(22-9-10-25-18(22)20-13)12-21-8-4-5-14(11-21)17-16(26(2,23)24)6-3-7-19-17/h3,6-7,9-10,14H,4-5,8,11-12H2,1-2H3. The second kappa shape index (κ2) is 6.75. The van der Waals surface area contributed by atoms with Gasteiger partial charge in [-0.05, 0) is 38.4 Å². The Morgan fingerprint density at radius 1 is 1.38 bits per heavy atom. The van der Waals surface area contributed by atoms with Crippen molar-refractivity contribution in [2.75, 3.05) is 19.3 Å². The second-order valence-corrected chi connectivity index (χ2v) is 9.79. The maximum Gasteiger partial charge on any atom is 0.194 e. The predicted octanol–water partition coefficient (Wildman–Crippen LogP) is 2.88. The van der Waals surface area contributed by atoms with Crippen LogP contribution in [0.2, 0.25) is 0 Å². The van der Waals surface area contributed by atoms with E-state index in [0.29, 0.717) is 10.6 Å². The largest absolute Gasteiger partial charge is 0.297 e. The van der Waals surface area contributed by atoms with Crippen LogP contribution >= 0.6 is 11.3 Å². The van der Waals surface area contributed by atoms with Crippen LogP contribution in [0.4, 0.5) is 0 Å². The molecule has 0 spiro atoms. The van der Waals surface area contributed by atoms with E-state index >= 15 is 0 Å². The van der Waals surface area contributed by atoms with Crippen LogP contribution in [0.5, 0.6) is 0 Å². The Balaban J connectivity index is 1.59. The first-order valence-electron chi connectivity index (χ1n) is 8.72. The number of nitrogens with zero attached hydrogens (tertiary/aromatic N) is 4. The number of thiazole rings is 1. The fourth-order valence-electron chi connectivity index (χ4n) is 3.79. The molecule has 1 aliphatic rings. The summed E-state index contributed by atoms with van der Waals surface area (Å²) in [6.07, 6.45) is 7.03. The summed E-state index contributed by atoms with van der Waals surface area (Å²) >= 11 is 1.64. The number of aromatic nitrogens is 3. The molecule has 26 heavy (non-hydrogen) atoms. The summed E-state index contributed by atoms with van der Waals surface area (Å²) in [5.74, 6) is 0.140. The first-order valence-corrected chi connectivity index (χ1v) is 11.5. The van der Waals surface area contributed by atoms with Crippen molar-refractivity contribution in [3.8, 4) is 0 Å². The SMILES string of the molecule is Cc1nc2sccn2c1CN1CCCC(c2ncccc2S(C)(=O)=O)C1. The Bertz CT molecular complexity index is 1040. The summed E-state index contributed by atoms with van der Waals surface area (Å²) in [6, 6.07) is 3.37. The van der Waals surface area contributed by atoms with Crippen LogP contribution < -0.4 is 0 Å². The lowest BCUT2D eigenvalue weighted by Gasteiger charge is -2.33. The Hall–Kier alpha value is -1.77. The number of fused-ring (bicyclic) bond motifs is 1. The van der Waals surface area contributed by atoms with E-state index < -0.39 is 9.84 Å². The third-order valence-corrected chi connectivity index (χ3v) is 6.93. The Morgan fingerprint density at radius 3 is 3.04 bits per heavy atom. The number of rotatable bonds is 4. The predicted molar refractivity (Wildman–Crippen MR) is 102 cm³/mol. The summed E-state index contributed by atoms with van der Waals surface area (Å²) in [7, 11) is -3.27. The van der Waals surface area contributed by atoms with Gasteiger partial charge in [0.15, 0.2) is 14.8 Å². The maximum absolute atomic E-state index is 12.1. The van der Waals surface area contributed by atoms with Gasteiger partial charge in [-0.15, -0.1) is 11.3 Å². The summed E-state index contributed by atoms with van der Waals surface area (Å²) < 4.78 is 26.4. The third-order valence-electron chi connectivity index (χ3n) is 5.03. The number of pyridine rings is 1. The van der Waals surface area contributed by atoms with E-state index in [-0.39, 0.29) is 5.92 Å². The first kappa shape index (κ1) is 17.6. The number of aryl methyl sites for hydroxylation is 1. The average Bonchev–Trinajstić information content (AvgIpc) is 3.17.